The average Bonchev–Trinajstić information content (AvgIpc) is 2.78. The number of aliphatic hydroxyl groups is 1. The first-order valence-electron chi connectivity index (χ1n) is 6.76. The molecule has 2 unspecified atom stereocenters. The molecule has 0 amide bonds. The first-order valence-corrected chi connectivity index (χ1v) is 6.76. The van der Waals surface area contributed by atoms with E-state index in [-0.39, 0.29) is 6.10 Å². The van der Waals surface area contributed by atoms with E-state index in [9.17, 15) is 5.11 Å². The lowest BCUT2D eigenvalue weighted by atomic mass is 10.1. The Labute approximate surface area is 118 Å². The molecule has 3 heteroatoms. The fourth-order valence-electron chi connectivity index (χ4n) is 2.68. The molecular formula is C17H18O3. The molecule has 3 rings (SSSR count). The van der Waals surface area contributed by atoms with E-state index in [0.717, 1.165) is 16.7 Å². The first kappa shape index (κ1) is 13.0. The van der Waals surface area contributed by atoms with Crippen LogP contribution in [0.5, 0.6) is 11.5 Å². The van der Waals surface area contributed by atoms with Gasteiger partial charge in [0.05, 0.1) is 7.11 Å². The Balaban J connectivity index is 1.84. The molecular weight excluding hydrogens is 252 g/mol. The molecule has 3 nitrogen and oxygen atoms in total. The molecule has 0 bridgehead atoms. The average molecular weight is 270 g/mol. The van der Waals surface area contributed by atoms with Crippen molar-refractivity contribution in [2.75, 3.05) is 7.11 Å². The highest BCUT2D eigenvalue weighted by atomic mass is 16.5. The van der Waals surface area contributed by atoms with Gasteiger partial charge in [0.25, 0.3) is 0 Å². The standard InChI is InChI=1S/C17H18O3/c1-11-7-8-14(15(9-11)19-2)20-16-10-12-5-3-4-6-13(12)17(16)18/h3-9,16-18H,10H2,1-2H3. The van der Waals surface area contributed by atoms with E-state index in [1.54, 1.807) is 7.11 Å². The van der Waals surface area contributed by atoms with Crippen molar-refractivity contribution < 1.29 is 14.6 Å². The van der Waals surface area contributed by atoms with E-state index in [4.69, 9.17) is 9.47 Å². The van der Waals surface area contributed by atoms with E-state index in [0.29, 0.717) is 17.9 Å². The molecule has 1 aliphatic rings. The van der Waals surface area contributed by atoms with Gasteiger partial charge in [0.2, 0.25) is 0 Å². The highest BCUT2D eigenvalue weighted by molar-refractivity contribution is 5.43. The zero-order valence-electron chi connectivity index (χ0n) is 11.7. The maximum Gasteiger partial charge on any atom is 0.161 e. The summed E-state index contributed by atoms with van der Waals surface area (Å²) in [6.45, 7) is 2.01. The molecule has 20 heavy (non-hydrogen) atoms. The highest BCUT2D eigenvalue weighted by Gasteiger charge is 2.32. The Kier molecular flexibility index (Phi) is 3.36. The quantitative estimate of drug-likeness (QED) is 0.931. The Morgan fingerprint density at radius 2 is 1.90 bits per heavy atom. The van der Waals surface area contributed by atoms with Crippen molar-refractivity contribution in [3.05, 3.63) is 59.2 Å². The summed E-state index contributed by atoms with van der Waals surface area (Å²) >= 11 is 0. The van der Waals surface area contributed by atoms with E-state index in [2.05, 4.69) is 0 Å². The van der Waals surface area contributed by atoms with E-state index >= 15 is 0 Å². The molecule has 0 spiro atoms. The minimum Gasteiger partial charge on any atom is -0.493 e. The van der Waals surface area contributed by atoms with Crippen molar-refractivity contribution in [2.24, 2.45) is 0 Å². The number of benzene rings is 2. The predicted molar refractivity (Wildman–Crippen MR) is 77.3 cm³/mol. The Morgan fingerprint density at radius 1 is 1.10 bits per heavy atom. The maximum atomic E-state index is 10.4. The number of fused-ring (bicyclic) bond motifs is 1. The summed E-state index contributed by atoms with van der Waals surface area (Å²) in [7, 11) is 1.63. The summed E-state index contributed by atoms with van der Waals surface area (Å²) in [4.78, 5) is 0. The van der Waals surface area contributed by atoms with Crippen molar-refractivity contribution >= 4 is 0 Å². The monoisotopic (exact) mass is 270 g/mol. The second-order valence-corrected chi connectivity index (χ2v) is 5.16. The molecule has 0 fully saturated rings. The van der Waals surface area contributed by atoms with Gasteiger partial charge in [0, 0.05) is 6.42 Å². The fourth-order valence-corrected chi connectivity index (χ4v) is 2.68. The van der Waals surface area contributed by atoms with Crippen LogP contribution in [0.4, 0.5) is 0 Å². The van der Waals surface area contributed by atoms with Gasteiger partial charge in [-0.15, -0.1) is 0 Å². The molecule has 0 aromatic heterocycles. The van der Waals surface area contributed by atoms with Crippen LogP contribution in [-0.4, -0.2) is 18.3 Å². The number of ether oxygens (including phenoxy) is 2. The maximum absolute atomic E-state index is 10.4. The molecule has 0 saturated carbocycles. The van der Waals surface area contributed by atoms with Crippen LogP contribution >= 0.6 is 0 Å². The van der Waals surface area contributed by atoms with Crippen molar-refractivity contribution in [3.8, 4) is 11.5 Å². The summed E-state index contributed by atoms with van der Waals surface area (Å²) in [5.41, 5.74) is 3.23. The lowest BCUT2D eigenvalue weighted by Crippen LogP contribution is -2.21. The second kappa shape index (κ2) is 5.17. The molecule has 0 radical (unpaired) electrons. The number of aliphatic hydroxyl groups excluding tert-OH is 1. The highest BCUT2D eigenvalue weighted by Crippen LogP contribution is 2.36. The van der Waals surface area contributed by atoms with Gasteiger partial charge in [0.15, 0.2) is 11.5 Å². The normalized spacial score (nSPS) is 20.6. The number of hydrogen-bond donors (Lipinski definition) is 1. The van der Waals surface area contributed by atoms with Crippen LogP contribution in [0.2, 0.25) is 0 Å². The molecule has 1 N–H and O–H groups in total. The molecule has 0 heterocycles. The minimum absolute atomic E-state index is 0.260. The van der Waals surface area contributed by atoms with E-state index in [1.807, 2.05) is 49.4 Å². The minimum atomic E-state index is -0.586. The zero-order valence-corrected chi connectivity index (χ0v) is 11.7. The first-order chi connectivity index (χ1) is 9.69. The van der Waals surface area contributed by atoms with Crippen LogP contribution in [0, 0.1) is 6.92 Å². The van der Waals surface area contributed by atoms with Gasteiger partial charge in [-0.3, -0.25) is 0 Å². The van der Waals surface area contributed by atoms with Crippen LogP contribution in [-0.2, 0) is 6.42 Å². The van der Waals surface area contributed by atoms with Gasteiger partial charge < -0.3 is 14.6 Å². The molecule has 104 valence electrons. The fraction of sp³-hybridized carbons (Fsp3) is 0.294. The van der Waals surface area contributed by atoms with Crippen LogP contribution < -0.4 is 9.47 Å². The van der Waals surface area contributed by atoms with E-state index < -0.39 is 6.10 Å². The molecule has 2 aromatic carbocycles. The second-order valence-electron chi connectivity index (χ2n) is 5.16. The van der Waals surface area contributed by atoms with Crippen molar-refractivity contribution in [2.45, 2.75) is 25.6 Å². The summed E-state index contributed by atoms with van der Waals surface area (Å²) in [6.07, 6.45) is -0.129. The van der Waals surface area contributed by atoms with Crippen molar-refractivity contribution in [1.29, 1.82) is 0 Å². The lowest BCUT2D eigenvalue weighted by Gasteiger charge is -2.19. The summed E-state index contributed by atoms with van der Waals surface area (Å²) in [5.74, 6) is 1.38. The summed E-state index contributed by atoms with van der Waals surface area (Å²) < 4.78 is 11.3. The van der Waals surface area contributed by atoms with Gasteiger partial charge >= 0.3 is 0 Å². The smallest absolute Gasteiger partial charge is 0.161 e. The Morgan fingerprint density at radius 3 is 2.65 bits per heavy atom. The predicted octanol–water partition coefficient (Wildman–Crippen LogP) is 3.04. The SMILES string of the molecule is COc1cc(C)ccc1OC1Cc2ccccc2C1O. The number of aryl methyl sites for hydroxylation is 1. The molecule has 2 aromatic rings. The third kappa shape index (κ3) is 2.25. The third-order valence-electron chi connectivity index (χ3n) is 3.74. The van der Waals surface area contributed by atoms with E-state index in [1.165, 1.54) is 0 Å². The van der Waals surface area contributed by atoms with Crippen LogP contribution in [0.3, 0.4) is 0 Å². The Hall–Kier alpha value is -2.00. The Bertz CT molecular complexity index is 621. The van der Waals surface area contributed by atoms with Gasteiger partial charge in [-0.25, -0.2) is 0 Å². The number of methoxy groups -OCH3 is 1. The van der Waals surface area contributed by atoms with Gasteiger partial charge in [-0.2, -0.15) is 0 Å². The van der Waals surface area contributed by atoms with Crippen molar-refractivity contribution in [1.82, 2.24) is 0 Å². The number of hydrogen-bond acceptors (Lipinski definition) is 3. The van der Waals surface area contributed by atoms with Crippen LogP contribution in [0.25, 0.3) is 0 Å². The van der Waals surface area contributed by atoms with Crippen molar-refractivity contribution in [3.63, 3.8) is 0 Å². The largest absolute Gasteiger partial charge is 0.493 e. The van der Waals surface area contributed by atoms with Gasteiger partial charge in [-0.05, 0) is 35.7 Å². The topological polar surface area (TPSA) is 38.7 Å². The molecule has 2 atom stereocenters. The number of rotatable bonds is 3. The summed E-state index contributed by atoms with van der Waals surface area (Å²) in [5, 5.41) is 10.4. The van der Waals surface area contributed by atoms with Crippen LogP contribution in [0.15, 0.2) is 42.5 Å². The molecule has 0 saturated heterocycles. The molecule has 0 aliphatic heterocycles. The zero-order chi connectivity index (χ0) is 14.1. The van der Waals surface area contributed by atoms with Gasteiger partial charge in [-0.1, -0.05) is 30.3 Å². The lowest BCUT2D eigenvalue weighted by molar-refractivity contribution is 0.0477. The van der Waals surface area contributed by atoms with Crippen LogP contribution in [0.1, 0.15) is 22.8 Å². The third-order valence-corrected chi connectivity index (χ3v) is 3.74. The van der Waals surface area contributed by atoms with Gasteiger partial charge in [0.1, 0.15) is 12.2 Å². The molecule has 1 aliphatic carbocycles. The summed E-state index contributed by atoms with van der Waals surface area (Å²) in [6, 6.07) is 13.7.